The van der Waals surface area contributed by atoms with Crippen LogP contribution in [0.5, 0.6) is 5.75 Å². The Hall–Kier alpha value is -0.540. The van der Waals surface area contributed by atoms with Gasteiger partial charge < -0.3 is 10.1 Å². The number of ether oxygens (including phenoxy) is 1. The lowest BCUT2D eigenvalue weighted by atomic mass is 9.93. The average Bonchev–Trinajstić information content (AvgIpc) is 2.31. The van der Waals surface area contributed by atoms with E-state index in [-0.39, 0.29) is 0 Å². The topological polar surface area (TPSA) is 21.3 Å². The van der Waals surface area contributed by atoms with Crippen LogP contribution in [-0.2, 0) is 6.54 Å². The van der Waals surface area contributed by atoms with E-state index >= 15 is 0 Å². The van der Waals surface area contributed by atoms with Gasteiger partial charge >= 0.3 is 0 Å². The molecule has 0 aliphatic heterocycles. The Bertz CT molecular complexity index is 385. The highest BCUT2D eigenvalue weighted by Crippen LogP contribution is 2.24. The maximum Gasteiger partial charge on any atom is 0.119 e. The summed E-state index contributed by atoms with van der Waals surface area (Å²) in [6.07, 6.45) is 2.21. The Morgan fingerprint density at radius 1 is 1.26 bits per heavy atom. The zero-order valence-electron chi connectivity index (χ0n) is 12.6. The van der Waals surface area contributed by atoms with E-state index in [1.807, 2.05) is 6.07 Å². The fraction of sp³-hybridized carbons (Fsp3) is 0.625. The number of hydrogen-bond donors (Lipinski definition) is 1. The van der Waals surface area contributed by atoms with Crippen molar-refractivity contribution in [2.24, 2.45) is 5.41 Å². The predicted molar refractivity (Wildman–Crippen MR) is 85.7 cm³/mol. The molecule has 1 aromatic rings. The zero-order valence-corrected chi connectivity index (χ0v) is 14.1. The Morgan fingerprint density at radius 3 is 2.63 bits per heavy atom. The van der Waals surface area contributed by atoms with Crippen LogP contribution < -0.4 is 10.1 Å². The lowest BCUT2D eigenvalue weighted by molar-refractivity contribution is 0.243. The largest absolute Gasteiger partial charge is 0.494 e. The summed E-state index contributed by atoms with van der Waals surface area (Å²) < 4.78 is 6.97. The fourth-order valence-electron chi connectivity index (χ4n) is 1.65. The molecule has 0 saturated heterocycles. The molecule has 0 aromatic heterocycles. The molecule has 0 radical (unpaired) electrons. The number of halogens is 1. The second-order valence-electron chi connectivity index (χ2n) is 6.09. The van der Waals surface area contributed by atoms with E-state index in [9.17, 15) is 0 Å². The van der Waals surface area contributed by atoms with E-state index in [2.05, 4.69) is 61.1 Å². The van der Waals surface area contributed by atoms with Crippen LogP contribution in [0.15, 0.2) is 22.7 Å². The van der Waals surface area contributed by atoms with Crippen molar-refractivity contribution in [3.63, 3.8) is 0 Å². The first-order valence-electron chi connectivity index (χ1n) is 7.04. The van der Waals surface area contributed by atoms with Gasteiger partial charge in [0, 0.05) is 11.0 Å². The van der Waals surface area contributed by atoms with Gasteiger partial charge in [-0.3, -0.25) is 0 Å². The third-order valence-electron chi connectivity index (χ3n) is 2.88. The molecule has 0 bridgehead atoms. The summed E-state index contributed by atoms with van der Waals surface area (Å²) in [4.78, 5) is 0. The van der Waals surface area contributed by atoms with Gasteiger partial charge in [-0.2, -0.15) is 0 Å². The van der Waals surface area contributed by atoms with Gasteiger partial charge in [0.05, 0.1) is 6.61 Å². The van der Waals surface area contributed by atoms with Crippen molar-refractivity contribution in [3.05, 3.63) is 28.2 Å². The summed E-state index contributed by atoms with van der Waals surface area (Å²) in [5.74, 6) is 0.959. The molecule has 0 heterocycles. The molecule has 3 heteroatoms. The van der Waals surface area contributed by atoms with Gasteiger partial charge in [-0.15, -0.1) is 0 Å². The van der Waals surface area contributed by atoms with E-state index in [0.717, 1.165) is 42.8 Å². The van der Waals surface area contributed by atoms with E-state index < -0.39 is 0 Å². The number of rotatable bonds is 7. The van der Waals surface area contributed by atoms with Gasteiger partial charge in [-0.1, -0.05) is 43.6 Å². The minimum atomic E-state index is 0.320. The van der Waals surface area contributed by atoms with Gasteiger partial charge in [0.25, 0.3) is 0 Å². The summed E-state index contributed by atoms with van der Waals surface area (Å²) >= 11 is 3.59. The summed E-state index contributed by atoms with van der Waals surface area (Å²) in [6, 6.07) is 6.21. The second kappa shape index (κ2) is 7.91. The van der Waals surface area contributed by atoms with E-state index in [1.54, 1.807) is 0 Å². The van der Waals surface area contributed by atoms with Crippen molar-refractivity contribution in [2.75, 3.05) is 13.2 Å². The molecule has 19 heavy (non-hydrogen) atoms. The van der Waals surface area contributed by atoms with Gasteiger partial charge in [0.2, 0.25) is 0 Å². The molecule has 1 aromatic carbocycles. The van der Waals surface area contributed by atoms with Crippen molar-refractivity contribution >= 4 is 15.9 Å². The maximum atomic E-state index is 5.84. The normalized spacial score (nSPS) is 11.6. The van der Waals surface area contributed by atoms with Gasteiger partial charge in [-0.05, 0) is 48.6 Å². The van der Waals surface area contributed by atoms with Crippen LogP contribution in [-0.4, -0.2) is 13.2 Å². The van der Waals surface area contributed by atoms with E-state index in [0.29, 0.717) is 5.41 Å². The Labute approximate surface area is 126 Å². The third-order valence-corrected chi connectivity index (χ3v) is 3.65. The molecule has 0 saturated carbocycles. The van der Waals surface area contributed by atoms with Crippen LogP contribution in [0.3, 0.4) is 0 Å². The first-order chi connectivity index (χ1) is 8.92. The molecule has 0 aliphatic carbocycles. The van der Waals surface area contributed by atoms with Crippen LogP contribution in [0.2, 0.25) is 0 Å². The second-order valence-corrected chi connectivity index (χ2v) is 6.94. The van der Waals surface area contributed by atoms with Crippen molar-refractivity contribution in [3.8, 4) is 5.75 Å². The number of benzene rings is 1. The standard InChI is InChI=1S/C16H26BrNO/c1-5-9-18-12-13-11-14(6-7-15(13)17)19-10-8-16(2,3)4/h6-7,11,18H,5,8-10,12H2,1-4H3. The van der Waals surface area contributed by atoms with Crippen LogP contribution >= 0.6 is 15.9 Å². The SMILES string of the molecule is CCCNCc1cc(OCCC(C)(C)C)ccc1Br. The quantitative estimate of drug-likeness (QED) is 0.729. The maximum absolute atomic E-state index is 5.84. The summed E-state index contributed by atoms with van der Waals surface area (Å²) in [7, 11) is 0. The predicted octanol–water partition coefficient (Wildman–Crippen LogP) is 4.76. The minimum Gasteiger partial charge on any atom is -0.494 e. The Morgan fingerprint density at radius 2 is 2.00 bits per heavy atom. The molecule has 0 aliphatic rings. The summed E-state index contributed by atoms with van der Waals surface area (Å²) in [6.45, 7) is 11.6. The first kappa shape index (κ1) is 16.5. The molecule has 0 amide bonds. The molecule has 0 fully saturated rings. The minimum absolute atomic E-state index is 0.320. The third kappa shape index (κ3) is 6.98. The highest BCUT2D eigenvalue weighted by Gasteiger charge is 2.10. The summed E-state index contributed by atoms with van der Waals surface area (Å²) in [5.41, 5.74) is 1.57. The first-order valence-corrected chi connectivity index (χ1v) is 7.83. The van der Waals surface area contributed by atoms with Crippen molar-refractivity contribution in [2.45, 2.75) is 47.1 Å². The van der Waals surface area contributed by atoms with Crippen molar-refractivity contribution in [1.82, 2.24) is 5.32 Å². The van der Waals surface area contributed by atoms with Gasteiger partial charge in [0.15, 0.2) is 0 Å². The van der Waals surface area contributed by atoms with Crippen LogP contribution in [0.1, 0.15) is 46.1 Å². The molecule has 1 N–H and O–H groups in total. The lowest BCUT2D eigenvalue weighted by Crippen LogP contribution is -2.14. The molecule has 0 atom stereocenters. The average molecular weight is 328 g/mol. The smallest absolute Gasteiger partial charge is 0.119 e. The monoisotopic (exact) mass is 327 g/mol. The van der Waals surface area contributed by atoms with Crippen LogP contribution in [0.4, 0.5) is 0 Å². The number of nitrogens with one attached hydrogen (secondary N) is 1. The molecule has 1 rings (SSSR count). The lowest BCUT2D eigenvalue weighted by Gasteiger charge is -2.18. The molecular formula is C16H26BrNO. The van der Waals surface area contributed by atoms with Gasteiger partial charge in [0.1, 0.15) is 5.75 Å². The molecule has 108 valence electrons. The molecule has 2 nitrogen and oxygen atoms in total. The molecule has 0 spiro atoms. The van der Waals surface area contributed by atoms with Crippen LogP contribution in [0.25, 0.3) is 0 Å². The highest BCUT2D eigenvalue weighted by atomic mass is 79.9. The molecule has 0 unspecified atom stereocenters. The fourth-order valence-corrected chi connectivity index (χ4v) is 2.04. The Balaban J connectivity index is 2.53. The summed E-state index contributed by atoms with van der Waals surface area (Å²) in [5, 5.41) is 3.41. The van der Waals surface area contributed by atoms with Crippen LogP contribution in [0, 0.1) is 5.41 Å². The number of hydrogen-bond acceptors (Lipinski definition) is 2. The van der Waals surface area contributed by atoms with Gasteiger partial charge in [-0.25, -0.2) is 0 Å². The zero-order chi connectivity index (χ0) is 14.3. The van der Waals surface area contributed by atoms with Crippen molar-refractivity contribution < 1.29 is 4.74 Å². The van der Waals surface area contributed by atoms with Crippen molar-refractivity contribution in [1.29, 1.82) is 0 Å². The molecular weight excluding hydrogens is 302 g/mol. The van der Waals surface area contributed by atoms with E-state index in [1.165, 1.54) is 5.56 Å². The highest BCUT2D eigenvalue weighted by molar-refractivity contribution is 9.10. The van der Waals surface area contributed by atoms with E-state index in [4.69, 9.17) is 4.74 Å². The Kier molecular flexibility index (Phi) is 6.87.